The molecule has 2 aromatic rings. The lowest BCUT2D eigenvalue weighted by molar-refractivity contribution is -0.119. The van der Waals surface area contributed by atoms with Crippen molar-refractivity contribution >= 4 is 17.4 Å². The summed E-state index contributed by atoms with van der Waals surface area (Å²) in [7, 11) is 1.59. The average Bonchev–Trinajstić information content (AvgIpc) is 2.59. The molecule has 0 radical (unpaired) electrons. The predicted octanol–water partition coefficient (Wildman–Crippen LogP) is 0.520. The Labute approximate surface area is 151 Å². The molecule has 140 valence electrons. The number of unbranched alkanes of at least 4 members (excludes halogenated alkanes) is 1. The van der Waals surface area contributed by atoms with Crippen LogP contribution in [-0.2, 0) is 11.3 Å². The number of carbonyl (C=O) groups excluding carboxylic acids is 1. The third kappa shape index (κ3) is 4.75. The van der Waals surface area contributed by atoms with Gasteiger partial charge in [0, 0.05) is 13.6 Å². The number of anilines is 2. The molecular formula is C18H25N5O3. The summed E-state index contributed by atoms with van der Waals surface area (Å²) in [4.78, 5) is 40.1. The minimum atomic E-state index is -0.610. The SMILES string of the molecule is CCCCNC(=O)CN(C)c1c(N)n(Cc2ccccc2)c(=O)[nH]c1=O. The van der Waals surface area contributed by atoms with E-state index in [9.17, 15) is 14.4 Å². The molecule has 8 heteroatoms. The zero-order valence-corrected chi connectivity index (χ0v) is 15.1. The smallest absolute Gasteiger partial charge is 0.330 e. The highest BCUT2D eigenvalue weighted by Gasteiger charge is 2.18. The van der Waals surface area contributed by atoms with Gasteiger partial charge in [-0.1, -0.05) is 43.7 Å². The third-order valence-corrected chi connectivity index (χ3v) is 4.01. The number of benzene rings is 1. The molecule has 0 spiro atoms. The van der Waals surface area contributed by atoms with Gasteiger partial charge >= 0.3 is 5.69 Å². The first-order valence-corrected chi connectivity index (χ1v) is 8.58. The van der Waals surface area contributed by atoms with Gasteiger partial charge in [-0.2, -0.15) is 0 Å². The van der Waals surface area contributed by atoms with Crippen LogP contribution in [-0.4, -0.2) is 35.6 Å². The Hall–Kier alpha value is -3.03. The van der Waals surface area contributed by atoms with Gasteiger partial charge in [0.2, 0.25) is 5.91 Å². The summed E-state index contributed by atoms with van der Waals surface area (Å²) in [6, 6.07) is 9.31. The molecule has 0 saturated carbocycles. The van der Waals surface area contributed by atoms with Crippen molar-refractivity contribution in [3.05, 3.63) is 56.7 Å². The number of nitrogen functional groups attached to an aromatic ring is 1. The molecule has 0 aliphatic heterocycles. The Bertz CT molecular complexity index is 857. The highest BCUT2D eigenvalue weighted by Crippen LogP contribution is 2.15. The molecule has 1 amide bonds. The molecule has 1 heterocycles. The highest BCUT2D eigenvalue weighted by molar-refractivity contribution is 5.82. The largest absolute Gasteiger partial charge is 0.383 e. The molecule has 26 heavy (non-hydrogen) atoms. The standard InChI is InChI=1S/C18H25N5O3/c1-3-4-10-20-14(24)12-22(2)15-16(19)23(18(26)21-17(15)25)11-13-8-6-5-7-9-13/h5-9H,3-4,10-12,19H2,1-2H3,(H,20,24)(H,21,25,26). The van der Waals surface area contributed by atoms with Crippen LogP contribution in [0.3, 0.4) is 0 Å². The van der Waals surface area contributed by atoms with E-state index in [0.29, 0.717) is 6.54 Å². The van der Waals surface area contributed by atoms with E-state index in [-0.39, 0.29) is 30.5 Å². The quantitative estimate of drug-likeness (QED) is 0.595. The maximum Gasteiger partial charge on any atom is 0.330 e. The molecule has 0 aliphatic carbocycles. The Morgan fingerprint density at radius 2 is 1.96 bits per heavy atom. The molecular weight excluding hydrogens is 334 g/mol. The van der Waals surface area contributed by atoms with Crippen LogP contribution in [0.4, 0.5) is 11.5 Å². The topological polar surface area (TPSA) is 113 Å². The van der Waals surface area contributed by atoms with E-state index in [0.717, 1.165) is 18.4 Å². The van der Waals surface area contributed by atoms with Gasteiger partial charge in [0.05, 0.1) is 13.1 Å². The molecule has 0 saturated heterocycles. The van der Waals surface area contributed by atoms with Gasteiger partial charge in [0.25, 0.3) is 5.56 Å². The summed E-state index contributed by atoms with van der Waals surface area (Å²) in [6.45, 7) is 2.82. The van der Waals surface area contributed by atoms with Crippen LogP contribution < -0.4 is 27.2 Å². The van der Waals surface area contributed by atoms with Crippen molar-refractivity contribution in [2.24, 2.45) is 0 Å². The number of hydrogen-bond acceptors (Lipinski definition) is 5. The molecule has 8 nitrogen and oxygen atoms in total. The fourth-order valence-electron chi connectivity index (χ4n) is 2.62. The maximum atomic E-state index is 12.2. The van der Waals surface area contributed by atoms with Crippen molar-refractivity contribution in [1.29, 1.82) is 0 Å². The summed E-state index contributed by atoms with van der Waals surface area (Å²) in [6.07, 6.45) is 1.87. The Kier molecular flexibility index (Phi) is 6.60. The molecule has 4 N–H and O–H groups in total. The molecule has 2 rings (SSSR count). The lowest BCUT2D eigenvalue weighted by atomic mass is 10.2. The maximum absolute atomic E-state index is 12.2. The van der Waals surface area contributed by atoms with Crippen LogP contribution in [0.25, 0.3) is 0 Å². The highest BCUT2D eigenvalue weighted by atomic mass is 16.2. The molecule has 1 aromatic heterocycles. The van der Waals surface area contributed by atoms with Gasteiger partial charge in [0.1, 0.15) is 11.5 Å². The number of aromatic amines is 1. The van der Waals surface area contributed by atoms with Gasteiger partial charge in [-0.05, 0) is 12.0 Å². The minimum Gasteiger partial charge on any atom is -0.383 e. The van der Waals surface area contributed by atoms with Gasteiger partial charge in [-0.15, -0.1) is 0 Å². The van der Waals surface area contributed by atoms with Crippen LogP contribution in [0.5, 0.6) is 0 Å². The average molecular weight is 359 g/mol. The number of hydrogen-bond donors (Lipinski definition) is 3. The van der Waals surface area contributed by atoms with Crippen molar-refractivity contribution in [2.75, 3.05) is 30.8 Å². The van der Waals surface area contributed by atoms with Crippen LogP contribution >= 0.6 is 0 Å². The van der Waals surface area contributed by atoms with E-state index in [1.54, 1.807) is 7.05 Å². The lowest BCUT2D eigenvalue weighted by Gasteiger charge is -2.21. The van der Waals surface area contributed by atoms with Gasteiger partial charge in [-0.3, -0.25) is 19.1 Å². The second-order valence-electron chi connectivity index (χ2n) is 6.12. The van der Waals surface area contributed by atoms with E-state index in [1.807, 2.05) is 37.3 Å². The second-order valence-corrected chi connectivity index (χ2v) is 6.12. The number of rotatable bonds is 8. The second kappa shape index (κ2) is 8.89. The van der Waals surface area contributed by atoms with E-state index in [1.165, 1.54) is 9.47 Å². The van der Waals surface area contributed by atoms with Crippen molar-refractivity contribution in [3.63, 3.8) is 0 Å². The molecule has 0 unspecified atom stereocenters. The Morgan fingerprint density at radius 3 is 2.62 bits per heavy atom. The van der Waals surface area contributed by atoms with Crippen LogP contribution in [0.15, 0.2) is 39.9 Å². The summed E-state index contributed by atoms with van der Waals surface area (Å²) >= 11 is 0. The first-order chi connectivity index (χ1) is 12.4. The Morgan fingerprint density at radius 1 is 1.27 bits per heavy atom. The number of carbonyl (C=O) groups is 1. The molecule has 0 fully saturated rings. The number of amides is 1. The molecule has 0 aliphatic rings. The van der Waals surface area contributed by atoms with Gasteiger partial charge in [0.15, 0.2) is 0 Å². The van der Waals surface area contributed by atoms with E-state index < -0.39 is 11.2 Å². The zero-order chi connectivity index (χ0) is 19.1. The normalized spacial score (nSPS) is 10.5. The Balaban J connectivity index is 2.25. The summed E-state index contributed by atoms with van der Waals surface area (Å²) in [5, 5.41) is 2.79. The number of aromatic nitrogens is 2. The van der Waals surface area contributed by atoms with Crippen molar-refractivity contribution in [2.45, 2.75) is 26.3 Å². The number of H-pyrrole nitrogens is 1. The van der Waals surface area contributed by atoms with Crippen molar-refractivity contribution < 1.29 is 4.79 Å². The molecule has 1 aromatic carbocycles. The first kappa shape index (κ1) is 19.3. The van der Waals surface area contributed by atoms with Crippen LogP contribution in [0.2, 0.25) is 0 Å². The number of nitrogens with one attached hydrogen (secondary N) is 2. The van der Waals surface area contributed by atoms with Crippen LogP contribution in [0.1, 0.15) is 25.3 Å². The van der Waals surface area contributed by atoms with Crippen molar-refractivity contribution in [1.82, 2.24) is 14.9 Å². The predicted molar refractivity (Wildman–Crippen MR) is 102 cm³/mol. The van der Waals surface area contributed by atoms with Gasteiger partial charge in [-0.25, -0.2) is 4.79 Å². The number of nitrogens with zero attached hydrogens (tertiary/aromatic N) is 2. The third-order valence-electron chi connectivity index (χ3n) is 4.01. The first-order valence-electron chi connectivity index (χ1n) is 8.58. The fraction of sp³-hybridized carbons (Fsp3) is 0.389. The number of nitrogens with two attached hydrogens (primary N) is 1. The zero-order valence-electron chi connectivity index (χ0n) is 15.1. The number of likely N-dealkylation sites (N-methyl/N-ethyl adjacent to an activating group) is 1. The minimum absolute atomic E-state index is 0.0272. The van der Waals surface area contributed by atoms with Crippen LogP contribution in [0, 0.1) is 0 Å². The van der Waals surface area contributed by atoms with Gasteiger partial charge < -0.3 is 16.0 Å². The lowest BCUT2D eigenvalue weighted by Crippen LogP contribution is -2.41. The summed E-state index contributed by atoms with van der Waals surface area (Å²) < 4.78 is 1.29. The summed E-state index contributed by atoms with van der Waals surface area (Å²) in [5.41, 5.74) is 5.88. The molecule has 0 bridgehead atoms. The summed E-state index contributed by atoms with van der Waals surface area (Å²) in [5.74, 6) is -0.174. The van der Waals surface area contributed by atoms with E-state index in [2.05, 4.69) is 10.3 Å². The van der Waals surface area contributed by atoms with E-state index >= 15 is 0 Å². The monoisotopic (exact) mass is 359 g/mol. The van der Waals surface area contributed by atoms with E-state index in [4.69, 9.17) is 5.73 Å². The fourth-order valence-corrected chi connectivity index (χ4v) is 2.62. The van der Waals surface area contributed by atoms with Crippen molar-refractivity contribution in [3.8, 4) is 0 Å². The molecule has 0 atom stereocenters.